The highest BCUT2D eigenvalue weighted by Crippen LogP contribution is 2.33. The van der Waals surface area contributed by atoms with Gasteiger partial charge in [-0.05, 0) is 24.1 Å². The molecule has 0 fully saturated rings. The van der Waals surface area contributed by atoms with E-state index >= 15 is 0 Å². The summed E-state index contributed by atoms with van der Waals surface area (Å²) in [6.07, 6.45) is 0.836. The standard InChI is InChI=1S/C15H20N2O3/c1-10(2)8-14(18)16-11-4-5-13-12(9-11)17(3)15(19)6-7-20-13/h4-5,9-10H,6-8H2,1-3H3,(H,16,18). The van der Waals surface area contributed by atoms with Crippen molar-refractivity contribution in [2.45, 2.75) is 26.7 Å². The van der Waals surface area contributed by atoms with Gasteiger partial charge < -0.3 is 15.0 Å². The molecule has 0 spiro atoms. The molecule has 0 aliphatic carbocycles. The Bertz CT molecular complexity index is 526. The first kappa shape index (κ1) is 14.4. The Kier molecular flexibility index (Phi) is 4.27. The summed E-state index contributed by atoms with van der Waals surface area (Å²) in [6.45, 7) is 4.38. The van der Waals surface area contributed by atoms with E-state index in [9.17, 15) is 9.59 Å². The van der Waals surface area contributed by atoms with E-state index in [1.807, 2.05) is 13.8 Å². The summed E-state index contributed by atoms with van der Waals surface area (Å²) in [5, 5.41) is 2.85. The van der Waals surface area contributed by atoms with Crippen LogP contribution < -0.4 is 15.0 Å². The van der Waals surface area contributed by atoms with E-state index in [1.54, 1.807) is 30.1 Å². The van der Waals surface area contributed by atoms with Crippen molar-refractivity contribution in [1.82, 2.24) is 0 Å². The second-order valence-corrected chi connectivity index (χ2v) is 5.38. The summed E-state index contributed by atoms with van der Waals surface area (Å²) >= 11 is 0. The van der Waals surface area contributed by atoms with E-state index in [0.29, 0.717) is 42.5 Å². The predicted molar refractivity (Wildman–Crippen MR) is 78.0 cm³/mol. The quantitative estimate of drug-likeness (QED) is 0.922. The molecular formula is C15H20N2O3. The van der Waals surface area contributed by atoms with Crippen LogP contribution in [0, 0.1) is 5.92 Å². The van der Waals surface area contributed by atoms with Crippen LogP contribution in [0.1, 0.15) is 26.7 Å². The molecule has 1 aromatic rings. The lowest BCUT2D eigenvalue weighted by Crippen LogP contribution is -2.25. The molecular weight excluding hydrogens is 256 g/mol. The third kappa shape index (κ3) is 3.29. The maximum Gasteiger partial charge on any atom is 0.230 e. The number of nitrogens with one attached hydrogen (secondary N) is 1. The van der Waals surface area contributed by atoms with Crippen LogP contribution in [0.3, 0.4) is 0 Å². The van der Waals surface area contributed by atoms with Crippen LogP contribution in [0.4, 0.5) is 11.4 Å². The zero-order valence-corrected chi connectivity index (χ0v) is 12.1. The summed E-state index contributed by atoms with van der Waals surface area (Å²) in [4.78, 5) is 25.2. The Morgan fingerprint density at radius 3 is 2.90 bits per heavy atom. The summed E-state index contributed by atoms with van der Waals surface area (Å²) in [7, 11) is 1.72. The zero-order valence-electron chi connectivity index (χ0n) is 12.1. The molecule has 0 unspecified atom stereocenters. The van der Waals surface area contributed by atoms with E-state index in [-0.39, 0.29) is 11.8 Å². The number of carbonyl (C=O) groups excluding carboxylic acids is 2. The van der Waals surface area contributed by atoms with E-state index < -0.39 is 0 Å². The van der Waals surface area contributed by atoms with Crippen LogP contribution in [0.15, 0.2) is 18.2 Å². The smallest absolute Gasteiger partial charge is 0.230 e. The van der Waals surface area contributed by atoms with Crippen molar-refractivity contribution in [2.75, 3.05) is 23.9 Å². The maximum atomic E-state index is 11.8. The summed E-state index contributed by atoms with van der Waals surface area (Å²) < 4.78 is 5.54. The fourth-order valence-corrected chi connectivity index (χ4v) is 2.11. The molecule has 1 aromatic carbocycles. The molecule has 108 valence electrons. The number of rotatable bonds is 3. The van der Waals surface area contributed by atoms with Crippen LogP contribution >= 0.6 is 0 Å². The third-order valence-electron chi connectivity index (χ3n) is 3.15. The largest absolute Gasteiger partial charge is 0.491 e. The molecule has 5 nitrogen and oxygen atoms in total. The van der Waals surface area contributed by atoms with Crippen molar-refractivity contribution in [2.24, 2.45) is 5.92 Å². The Labute approximate surface area is 118 Å². The van der Waals surface area contributed by atoms with Crippen molar-refractivity contribution < 1.29 is 14.3 Å². The first-order valence-electron chi connectivity index (χ1n) is 6.80. The van der Waals surface area contributed by atoms with Gasteiger partial charge in [-0.1, -0.05) is 13.8 Å². The fourth-order valence-electron chi connectivity index (χ4n) is 2.11. The van der Waals surface area contributed by atoms with Crippen LogP contribution in [-0.4, -0.2) is 25.5 Å². The van der Waals surface area contributed by atoms with E-state index in [1.165, 1.54) is 0 Å². The molecule has 1 aliphatic rings. The number of ether oxygens (including phenoxy) is 1. The van der Waals surface area contributed by atoms with E-state index in [2.05, 4.69) is 5.32 Å². The van der Waals surface area contributed by atoms with Gasteiger partial charge in [0.1, 0.15) is 5.75 Å². The van der Waals surface area contributed by atoms with E-state index in [0.717, 1.165) is 0 Å². The fraction of sp³-hybridized carbons (Fsp3) is 0.467. The topological polar surface area (TPSA) is 58.6 Å². The average molecular weight is 276 g/mol. The van der Waals surface area contributed by atoms with Gasteiger partial charge in [-0.2, -0.15) is 0 Å². The normalized spacial score (nSPS) is 14.6. The maximum absolute atomic E-state index is 11.8. The zero-order chi connectivity index (χ0) is 14.7. The van der Waals surface area contributed by atoms with Crippen LogP contribution in [-0.2, 0) is 9.59 Å². The van der Waals surface area contributed by atoms with Gasteiger partial charge in [0.25, 0.3) is 0 Å². The van der Waals surface area contributed by atoms with Crippen molar-refractivity contribution in [3.05, 3.63) is 18.2 Å². The van der Waals surface area contributed by atoms with Crippen molar-refractivity contribution in [3.8, 4) is 5.75 Å². The number of benzene rings is 1. The predicted octanol–water partition coefficient (Wildman–Crippen LogP) is 2.42. The molecule has 20 heavy (non-hydrogen) atoms. The first-order valence-corrected chi connectivity index (χ1v) is 6.80. The molecule has 0 bridgehead atoms. The van der Waals surface area contributed by atoms with Crippen molar-refractivity contribution in [3.63, 3.8) is 0 Å². The lowest BCUT2D eigenvalue weighted by molar-refractivity contribution is -0.118. The van der Waals surface area contributed by atoms with Gasteiger partial charge in [0.15, 0.2) is 0 Å². The Morgan fingerprint density at radius 1 is 1.45 bits per heavy atom. The molecule has 0 saturated heterocycles. The second-order valence-electron chi connectivity index (χ2n) is 5.38. The van der Waals surface area contributed by atoms with Crippen LogP contribution in [0.5, 0.6) is 5.75 Å². The monoisotopic (exact) mass is 276 g/mol. The molecule has 0 radical (unpaired) electrons. The molecule has 0 aromatic heterocycles. The highest BCUT2D eigenvalue weighted by atomic mass is 16.5. The van der Waals surface area contributed by atoms with Gasteiger partial charge >= 0.3 is 0 Å². The lowest BCUT2D eigenvalue weighted by Gasteiger charge is -2.17. The summed E-state index contributed by atoms with van der Waals surface area (Å²) in [5.41, 5.74) is 1.37. The number of anilines is 2. The Morgan fingerprint density at radius 2 is 2.20 bits per heavy atom. The summed E-state index contributed by atoms with van der Waals surface area (Å²) in [6, 6.07) is 5.35. The number of nitrogens with zero attached hydrogens (tertiary/aromatic N) is 1. The minimum atomic E-state index is -0.0246. The van der Waals surface area contributed by atoms with Crippen LogP contribution in [0.2, 0.25) is 0 Å². The Hall–Kier alpha value is -2.04. The number of hydrogen-bond donors (Lipinski definition) is 1. The van der Waals surface area contributed by atoms with Crippen molar-refractivity contribution in [1.29, 1.82) is 0 Å². The number of amides is 2. The average Bonchev–Trinajstić information content (AvgIpc) is 2.50. The van der Waals surface area contributed by atoms with Gasteiger partial charge in [-0.25, -0.2) is 0 Å². The minimum absolute atomic E-state index is 0.00871. The highest BCUT2D eigenvalue weighted by molar-refractivity contribution is 5.97. The van der Waals surface area contributed by atoms with Gasteiger partial charge in [0.05, 0.1) is 18.7 Å². The number of fused-ring (bicyclic) bond motifs is 1. The molecule has 0 saturated carbocycles. The summed E-state index contributed by atoms with van der Waals surface area (Å²) in [5.74, 6) is 0.960. The SMILES string of the molecule is CC(C)CC(=O)Nc1ccc2c(c1)N(C)C(=O)CCO2. The van der Waals surface area contributed by atoms with Gasteiger partial charge in [0, 0.05) is 19.2 Å². The van der Waals surface area contributed by atoms with Crippen LogP contribution in [0.25, 0.3) is 0 Å². The molecule has 1 aliphatic heterocycles. The minimum Gasteiger partial charge on any atom is -0.491 e. The molecule has 1 N–H and O–H groups in total. The third-order valence-corrected chi connectivity index (χ3v) is 3.15. The molecule has 0 atom stereocenters. The van der Waals surface area contributed by atoms with Crippen molar-refractivity contribution >= 4 is 23.2 Å². The molecule has 1 heterocycles. The molecule has 5 heteroatoms. The molecule has 2 amide bonds. The highest BCUT2D eigenvalue weighted by Gasteiger charge is 2.20. The first-order chi connectivity index (χ1) is 9.47. The van der Waals surface area contributed by atoms with Gasteiger partial charge in [-0.3, -0.25) is 9.59 Å². The molecule has 2 rings (SSSR count). The lowest BCUT2D eigenvalue weighted by atomic mass is 10.1. The van der Waals surface area contributed by atoms with Gasteiger partial charge in [0.2, 0.25) is 11.8 Å². The van der Waals surface area contributed by atoms with Gasteiger partial charge in [-0.15, -0.1) is 0 Å². The number of hydrogen-bond acceptors (Lipinski definition) is 3. The second kappa shape index (κ2) is 5.94. The van der Waals surface area contributed by atoms with E-state index in [4.69, 9.17) is 4.74 Å². The number of carbonyl (C=O) groups is 2. The Balaban J connectivity index is 2.20.